The van der Waals surface area contributed by atoms with Crippen molar-refractivity contribution in [1.82, 2.24) is 0 Å². The van der Waals surface area contributed by atoms with E-state index in [1.54, 1.807) is 0 Å². The Morgan fingerprint density at radius 2 is 0.500 bits per heavy atom. The van der Waals surface area contributed by atoms with Crippen molar-refractivity contribution in [2.75, 3.05) is 0 Å². The fourth-order valence-corrected chi connectivity index (χ4v) is 0. The summed E-state index contributed by atoms with van der Waals surface area (Å²) in [6.07, 6.45) is 0. The topological polar surface area (TPSA) is 0 Å². The van der Waals surface area contributed by atoms with E-state index in [-0.39, 0.29) is 86.8 Å². The summed E-state index contributed by atoms with van der Waals surface area (Å²) in [6, 6.07) is 0. The molecule has 12 valence electrons. The first kappa shape index (κ1) is 28.9. The average molecular weight is 368 g/mol. The summed E-state index contributed by atoms with van der Waals surface area (Å²) >= 11 is 0. The third-order valence-corrected chi connectivity index (χ3v) is 0. The molecular formula is Sn2Zn2. The number of rotatable bonds is 0. The maximum Gasteiger partial charge on any atom is 0 e. The summed E-state index contributed by atoms with van der Waals surface area (Å²) in [4.78, 5) is 0. The molecule has 0 aromatic heterocycles. The second-order valence-corrected chi connectivity index (χ2v) is 0. The van der Waals surface area contributed by atoms with Gasteiger partial charge in [0.05, 0.1) is 0 Å². The average Bonchev–Trinajstić information content (AvgIpc) is 0. The first-order valence-electron chi connectivity index (χ1n) is 0. The Bertz CT molecular complexity index is 4.00. The zero-order valence-corrected chi connectivity index (χ0v) is 14.1. The van der Waals surface area contributed by atoms with Crippen LogP contribution in [0.1, 0.15) is 0 Å². The Morgan fingerprint density at radius 3 is 0.500 bits per heavy atom. The molecule has 0 saturated carbocycles. The maximum absolute atomic E-state index is 0. The summed E-state index contributed by atoms with van der Waals surface area (Å²) in [6.45, 7) is 0. The van der Waals surface area contributed by atoms with Crippen molar-refractivity contribution in [3.63, 3.8) is 0 Å². The van der Waals surface area contributed by atoms with Crippen molar-refractivity contribution < 1.29 is 39.0 Å². The predicted molar refractivity (Wildman–Crippen MR) is 11.5 cm³/mol. The van der Waals surface area contributed by atoms with Crippen LogP contribution in [0.25, 0.3) is 0 Å². The quantitative estimate of drug-likeness (QED) is 0.493. The molecule has 0 nitrogen and oxygen atoms in total. The zero-order chi connectivity index (χ0) is 0. The number of hydrogen-bond donors (Lipinski definition) is 0. The maximum atomic E-state index is 0. The summed E-state index contributed by atoms with van der Waals surface area (Å²) in [5.41, 5.74) is 0. The van der Waals surface area contributed by atoms with Gasteiger partial charge in [-0.3, -0.25) is 0 Å². The SMILES string of the molecule is [Sn].[Sn].[Zn].[Zn]. The van der Waals surface area contributed by atoms with Gasteiger partial charge in [0.25, 0.3) is 0 Å². The van der Waals surface area contributed by atoms with Crippen LogP contribution >= 0.6 is 0 Å². The van der Waals surface area contributed by atoms with Crippen LogP contribution in [0.15, 0.2) is 0 Å². The monoisotopic (exact) mass is 368 g/mol. The molecule has 0 heterocycles. The van der Waals surface area contributed by atoms with E-state index in [0.29, 0.717) is 0 Å². The van der Waals surface area contributed by atoms with Gasteiger partial charge in [-0.2, -0.15) is 0 Å². The van der Waals surface area contributed by atoms with E-state index in [9.17, 15) is 0 Å². The van der Waals surface area contributed by atoms with Crippen molar-refractivity contribution >= 4 is 47.8 Å². The van der Waals surface area contributed by atoms with Crippen LogP contribution in [0.5, 0.6) is 0 Å². The Hall–Kier alpha value is 2.84. The molecule has 0 bridgehead atoms. The van der Waals surface area contributed by atoms with Crippen molar-refractivity contribution in [2.45, 2.75) is 0 Å². The molecule has 4 heteroatoms. The molecule has 0 atom stereocenters. The van der Waals surface area contributed by atoms with E-state index in [2.05, 4.69) is 0 Å². The Balaban J connectivity index is 0. The largest absolute Gasteiger partial charge is 0 e. The third-order valence-electron chi connectivity index (χ3n) is 0. The van der Waals surface area contributed by atoms with E-state index >= 15 is 0 Å². The van der Waals surface area contributed by atoms with Gasteiger partial charge in [-0.05, 0) is 0 Å². The Morgan fingerprint density at radius 1 is 0.500 bits per heavy atom. The molecule has 0 aliphatic carbocycles. The second kappa shape index (κ2) is 17.0. The molecule has 0 rings (SSSR count). The second-order valence-electron chi connectivity index (χ2n) is 0. The fraction of sp³-hybridized carbons (Fsp3) is 0. The van der Waals surface area contributed by atoms with Gasteiger partial charge in [0.15, 0.2) is 0 Å². The predicted octanol–water partition coefficient (Wildman–Crippen LogP) is -0.767. The molecule has 0 aromatic rings. The molecule has 0 N–H and O–H groups in total. The van der Waals surface area contributed by atoms with E-state index in [1.807, 2.05) is 0 Å². The van der Waals surface area contributed by atoms with E-state index in [0.717, 1.165) is 0 Å². The molecule has 8 radical (unpaired) electrons. The minimum Gasteiger partial charge on any atom is 0 e. The van der Waals surface area contributed by atoms with Crippen LogP contribution in [0.4, 0.5) is 0 Å². The summed E-state index contributed by atoms with van der Waals surface area (Å²) < 4.78 is 0. The molecule has 0 aliphatic heterocycles. The van der Waals surface area contributed by atoms with Crippen molar-refractivity contribution in [1.29, 1.82) is 0 Å². The van der Waals surface area contributed by atoms with Crippen LogP contribution in [0.2, 0.25) is 0 Å². The molecular weight excluding hydrogens is 368 g/mol. The molecule has 4 heavy (non-hydrogen) atoms. The van der Waals surface area contributed by atoms with Gasteiger partial charge in [0.2, 0.25) is 0 Å². The first-order chi connectivity index (χ1) is 0. The summed E-state index contributed by atoms with van der Waals surface area (Å²) in [5.74, 6) is 0. The van der Waals surface area contributed by atoms with E-state index in [1.165, 1.54) is 0 Å². The molecule has 0 saturated heterocycles. The fourth-order valence-electron chi connectivity index (χ4n) is 0. The minimum absolute atomic E-state index is 0. The molecule has 0 aliphatic rings. The normalized spacial score (nSPS) is 0. The van der Waals surface area contributed by atoms with Crippen molar-refractivity contribution in [2.24, 2.45) is 0 Å². The molecule has 0 unspecified atom stereocenters. The summed E-state index contributed by atoms with van der Waals surface area (Å²) in [7, 11) is 0. The van der Waals surface area contributed by atoms with Gasteiger partial charge < -0.3 is 0 Å². The molecule has 0 spiro atoms. The molecule has 0 aromatic carbocycles. The van der Waals surface area contributed by atoms with Crippen LogP contribution in [-0.4, -0.2) is 47.8 Å². The van der Waals surface area contributed by atoms with Crippen molar-refractivity contribution in [3.05, 3.63) is 0 Å². The molecule has 0 fully saturated rings. The van der Waals surface area contributed by atoms with Crippen molar-refractivity contribution in [3.8, 4) is 0 Å². The van der Waals surface area contributed by atoms with E-state index in [4.69, 9.17) is 0 Å². The van der Waals surface area contributed by atoms with Gasteiger partial charge in [0.1, 0.15) is 0 Å². The van der Waals surface area contributed by atoms with Crippen LogP contribution in [0.3, 0.4) is 0 Å². The van der Waals surface area contributed by atoms with Gasteiger partial charge >= 0.3 is 0 Å². The summed E-state index contributed by atoms with van der Waals surface area (Å²) in [5, 5.41) is 0. The standard InChI is InChI=1S/2Sn.2Zn. The molecule has 0 amide bonds. The van der Waals surface area contributed by atoms with Crippen LogP contribution in [-0.2, 0) is 39.0 Å². The minimum atomic E-state index is 0. The van der Waals surface area contributed by atoms with Gasteiger partial charge in [-0.1, -0.05) is 0 Å². The van der Waals surface area contributed by atoms with Gasteiger partial charge in [-0.25, -0.2) is 0 Å². The Kier molecular flexibility index (Phi) is 122. The van der Waals surface area contributed by atoms with Crippen LogP contribution in [0, 0.1) is 0 Å². The van der Waals surface area contributed by atoms with Crippen LogP contribution < -0.4 is 0 Å². The third kappa shape index (κ3) is 8.85. The van der Waals surface area contributed by atoms with Gasteiger partial charge in [0, 0.05) is 86.8 Å². The smallest absolute Gasteiger partial charge is 0 e. The number of hydrogen-bond acceptors (Lipinski definition) is 0. The first-order valence-corrected chi connectivity index (χ1v) is 0. The van der Waals surface area contributed by atoms with Gasteiger partial charge in [-0.15, -0.1) is 0 Å². The Labute approximate surface area is 85.3 Å². The van der Waals surface area contributed by atoms with E-state index < -0.39 is 0 Å². The zero-order valence-electron chi connectivity index (χ0n) is 2.41.